The van der Waals surface area contributed by atoms with Gasteiger partial charge in [-0.15, -0.1) is 24.0 Å². The summed E-state index contributed by atoms with van der Waals surface area (Å²) in [7, 11) is 5.07. The summed E-state index contributed by atoms with van der Waals surface area (Å²) in [5.74, 6) is 2.25. The Bertz CT molecular complexity index is 708. The fraction of sp³-hybridized carbons (Fsp3) is 0.381. The van der Waals surface area contributed by atoms with Crippen LogP contribution in [-0.4, -0.2) is 33.3 Å². The van der Waals surface area contributed by atoms with E-state index < -0.39 is 0 Å². The lowest BCUT2D eigenvalue weighted by molar-refractivity contribution is 0.354. The Morgan fingerprint density at radius 1 is 1.00 bits per heavy atom. The number of benzene rings is 2. The van der Waals surface area contributed by atoms with Gasteiger partial charge in [0.15, 0.2) is 17.5 Å². The van der Waals surface area contributed by atoms with Crippen LogP contribution in [0.25, 0.3) is 0 Å². The lowest BCUT2D eigenvalue weighted by atomic mass is 10.1. The molecule has 2 N–H and O–H groups in total. The quantitative estimate of drug-likeness (QED) is 0.339. The van der Waals surface area contributed by atoms with E-state index in [0.717, 1.165) is 35.9 Å². The number of rotatable bonds is 8. The molecule has 0 aliphatic heterocycles. The molecule has 0 bridgehead atoms. The summed E-state index contributed by atoms with van der Waals surface area (Å²) in [6.45, 7) is 2.83. The van der Waals surface area contributed by atoms with E-state index >= 15 is 0 Å². The highest BCUT2D eigenvalue weighted by molar-refractivity contribution is 14.0. The minimum Gasteiger partial charge on any atom is -0.493 e. The number of ether oxygens (including phenoxy) is 2. The molecule has 0 radical (unpaired) electrons. The van der Waals surface area contributed by atoms with E-state index in [0.29, 0.717) is 12.6 Å². The number of aliphatic imine (C=N–C) groups is 1. The maximum atomic E-state index is 5.35. The van der Waals surface area contributed by atoms with Crippen LogP contribution in [0.5, 0.6) is 11.5 Å². The smallest absolute Gasteiger partial charge is 0.191 e. The Kier molecular flexibility index (Phi) is 10.6. The van der Waals surface area contributed by atoms with Gasteiger partial charge in [-0.25, -0.2) is 0 Å². The van der Waals surface area contributed by atoms with E-state index in [2.05, 4.69) is 46.8 Å². The molecule has 2 rings (SSSR count). The average Bonchev–Trinajstić information content (AvgIpc) is 2.70. The van der Waals surface area contributed by atoms with E-state index in [1.807, 2.05) is 24.3 Å². The number of hydrogen-bond donors (Lipinski definition) is 2. The van der Waals surface area contributed by atoms with Gasteiger partial charge in [-0.1, -0.05) is 36.4 Å². The number of hydrogen-bond acceptors (Lipinski definition) is 3. The Balaban J connectivity index is 0.00000364. The molecule has 0 saturated carbocycles. The van der Waals surface area contributed by atoms with Gasteiger partial charge in [0.25, 0.3) is 0 Å². The monoisotopic (exact) mass is 483 g/mol. The van der Waals surface area contributed by atoms with Crippen molar-refractivity contribution in [3.8, 4) is 11.5 Å². The molecule has 6 heteroatoms. The van der Waals surface area contributed by atoms with Crippen molar-refractivity contribution in [2.24, 2.45) is 4.99 Å². The van der Waals surface area contributed by atoms with Crippen LogP contribution in [0.4, 0.5) is 0 Å². The SMILES string of the molecule is CN=C(NCc1ccc(OC)c(OC)c1)NC(C)CCc1ccccc1.I. The summed E-state index contributed by atoms with van der Waals surface area (Å²) < 4.78 is 10.6. The second-order valence-corrected chi connectivity index (χ2v) is 6.18. The molecule has 148 valence electrons. The molecule has 0 amide bonds. The molecule has 1 atom stereocenters. The van der Waals surface area contributed by atoms with Crippen LogP contribution in [0, 0.1) is 0 Å². The highest BCUT2D eigenvalue weighted by atomic mass is 127. The second kappa shape index (κ2) is 12.4. The highest BCUT2D eigenvalue weighted by Gasteiger charge is 2.08. The van der Waals surface area contributed by atoms with Gasteiger partial charge in [0, 0.05) is 19.6 Å². The lowest BCUT2D eigenvalue weighted by Crippen LogP contribution is -2.42. The van der Waals surface area contributed by atoms with Gasteiger partial charge in [-0.2, -0.15) is 0 Å². The van der Waals surface area contributed by atoms with Crippen LogP contribution >= 0.6 is 24.0 Å². The first-order valence-corrected chi connectivity index (χ1v) is 8.88. The number of methoxy groups -OCH3 is 2. The van der Waals surface area contributed by atoms with Crippen LogP contribution in [-0.2, 0) is 13.0 Å². The van der Waals surface area contributed by atoms with Crippen LogP contribution in [0.15, 0.2) is 53.5 Å². The van der Waals surface area contributed by atoms with E-state index in [4.69, 9.17) is 9.47 Å². The minimum absolute atomic E-state index is 0. The zero-order chi connectivity index (χ0) is 18.8. The summed E-state index contributed by atoms with van der Waals surface area (Å²) in [4.78, 5) is 4.31. The maximum Gasteiger partial charge on any atom is 0.191 e. The minimum atomic E-state index is 0. The topological polar surface area (TPSA) is 54.9 Å². The van der Waals surface area contributed by atoms with Crippen molar-refractivity contribution in [1.29, 1.82) is 0 Å². The first-order valence-electron chi connectivity index (χ1n) is 8.88. The molecular weight excluding hydrogens is 453 g/mol. The number of nitrogens with one attached hydrogen (secondary N) is 2. The van der Waals surface area contributed by atoms with Crippen molar-refractivity contribution < 1.29 is 9.47 Å². The van der Waals surface area contributed by atoms with Crippen LogP contribution in [0.2, 0.25) is 0 Å². The number of nitrogens with zero attached hydrogens (tertiary/aromatic N) is 1. The summed E-state index contributed by atoms with van der Waals surface area (Å²) in [6, 6.07) is 16.8. The zero-order valence-electron chi connectivity index (χ0n) is 16.5. The fourth-order valence-corrected chi connectivity index (χ4v) is 2.70. The lowest BCUT2D eigenvalue weighted by Gasteiger charge is -2.18. The van der Waals surface area contributed by atoms with Gasteiger partial charge in [0.1, 0.15) is 0 Å². The number of guanidine groups is 1. The van der Waals surface area contributed by atoms with Gasteiger partial charge in [-0.05, 0) is 43.0 Å². The molecule has 5 nitrogen and oxygen atoms in total. The summed E-state index contributed by atoms with van der Waals surface area (Å²) >= 11 is 0. The zero-order valence-corrected chi connectivity index (χ0v) is 18.8. The molecule has 0 aliphatic carbocycles. The largest absolute Gasteiger partial charge is 0.493 e. The molecule has 2 aromatic carbocycles. The van der Waals surface area contributed by atoms with E-state index in [-0.39, 0.29) is 24.0 Å². The molecule has 0 aromatic heterocycles. The number of aryl methyl sites for hydroxylation is 1. The van der Waals surface area contributed by atoms with Gasteiger partial charge < -0.3 is 20.1 Å². The van der Waals surface area contributed by atoms with Gasteiger partial charge in [-0.3, -0.25) is 4.99 Å². The maximum absolute atomic E-state index is 5.35. The Morgan fingerprint density at radius 2 is 1.70 bits per heavy atom. The molecule has 0 spiro atoms. The summed E-state index contributed by atoms with van der Waals surface area (Å²) in [5, 5.41) is 6.79. The van der Waals surface area contributed by atoms with E-state index in [1.165, 1.54) is 5.56 Å². The Morgan fingerprint density at radius 3 is 2.33 bits per heavy atom. The molecular formula is C21H30IN3O2. The Hall–Kier alpha value is -1.96. The molecule has 2 aromatic rings. The molecule has 0 saturated heterocycles. The first-order chi connectivity index (χ1) is 12.7. The van der Waals surface area contributed by atoms with Crippen molar-refractivity contribution in [3.05, 3.63) is 59.7 Å². The third kappa shape index (κ3) is 7.66. The highest BCUT2D eigenvalue weighted by Crippen LogP contribution is 2.27. The molecule has 1 unspecified atom stereocenters. The number of halogens is 1. The molecule has 0 fully saturated rings. The Labute approximate surface area is 179 Å². The fourth-order valence-electron chi connectivity index (χ4n) is 2.70. The van der Waals surface area contributed by atoms with Crippen molar-refractivity contribution >= 4 is 29.9 Å². The molecule has 0 heterocycles. The van der Waals surface area contributed by atoms with E-state index in [9.17, 15) is 0 Å². The van der Waals surface area contributed by atoms with Crippen molar-refractivity contribution in [2.45, 2.75) is 32.4 Å². The third-order valence-corrected chi connectivity index (χ3v) is 4.22. The normalized spacial score (nSPS) is 11.9. The third-order valence-electron chi connectivity index (χ3n) is 4.22. The molecule has 0 aliphatic rings. The first kappa shape index (κ1) is 23.1. The van der Waals surface area contributed by atoms with Crippen LogP contribution in [0.1, 0.15) is 24.5 Å². The van der Waals surface area contributed by atoms with Crippen molar-refractivity contribution in [3.63, 3.8) is 0 Å². The van der Waals surface area contributed by atoms with Crippen molar-refractivity contribution in [2.75, 3.05) is 21.3 Å². The second-order valence-electron chi connectivity index (χ2n) is 6.18. The van der Waals surface area contributed by atoms with Gasteiger partial charge >= 0.3 is 0 Å². The van der Waals surface area contributed by atoms with Crippen LogP contribution < -0.4 is 20.1 Å². The summed E-state index contributed by atoms with van der Waals surface area (Å²) in [6.07, 6.45) is 2.09. The van der Waals surface area contributed by atoms with E-state index in [1.54, 1.807) is 21.3 Å². The molecule has 27 heavy (non-hydrogen) atoms. The predicted octanol–water partition coefficient (Wildman–Crippen LogP) is 4.01. The van der Waals surface area contributed by atoms with Crippen LogP contribution in [0.3, 0.4) is 0 Å². The average molecular weight is 483 g/mol. The van der Waals surface area contributed by atoms with Gasteiger partial charge in [0.2, 0.25) is 0 Å². The van der Waals surface area contributed by atoms with Crippen molar-refractivity contribution in [1.82, 2.24) is 10.6 Å². The summed E-state index contributed by atoms with van der Waals surface area (Å²) in [5.41, 5.74) is 2.46. The van der Waals surface area contributed by atoms with Gasteiger partial charge in [0.05, 0.1) is 14.2 Å². The predicted molar refractivity (Wildman–Crippen MR) is 123 cm³/mol. The standard InChI is InChI=1S/C21H29N3O2.HI/c1-16(10-11-17-8-6-5-7-9-17)24-21(22-2)23-15-18-12-13-19(25-3)20(14-18)26-4;/h5-9,12-14,16H,10-11,15H2,1-4H3,(H2,22,23,24);1H.